The molecular weight excluding hydrogens is 939 g/mol. The molecule has 0 fully saturated rings. The van der Waals surface area contributed by atoms with Crippen LogP contribution in [-0.2, 0) is 10.2 Å². The summed E-state index contributed by atoms with van der Waals surface area (Å²) in [5.41, 5.74) is 1.92. The molecule has 2 aromatic rings. The zero-order valence-electron chi connectivity index (χ0n) is 17.2. The molecule has 0 saturated carbocycles. The van der Waals surface area contributed by atoms with E-state index in [1.807, 2.05) is 18.2 Å². The highest BCUT2D eigenvalue weighted by Gasteiger charge is 2.30. The van der Waals surface area contributed by atoms with Crippen molar-refractivity contribution in [2.75, 3.05) is 13.2 Å². The molecule has 0 heterocycles. The monoisotopic (exact) mass is 954 g/mol. The maximum absolute atomic E-state index is 9.47. The zero-order chi connectivity index (χ0) is 24.5. The molecule has 2 rings (SSSR count). The van der Waals surface area contributed by atoms with E-state index in [2.05, 4.69) is 142 Å². The van der Waals surface area contributed by atoms with Gasteiger partial charge in [0.2, 0.25) is 0 Å². The third-order valence-corrected chi connectivity index (χ3v) is 9.30. The molecule has 0 aliphatic carbocycles. The molecule has 0 aromatic heterocycles. The average molecular weight is 962 g/mol. The van der Waals surface area contributed by atoms with Crippen molar-refractivity contribution in [2.24, 2.45) is 0 Å². The number of ether oxygens (including phenoxy) is 1. The minimum absolute atomic E-state index is 0.261. The van der Waals surface area contributed by atoms with E-state index in [0.717, 1.165) is 50.6 Å². The summed E-state index contributed by atoms with van der Waals surface area (Å²) in [4.78, 5) is 0. The number of halogens is 8. The van der Waals surface area contributed by atoms with E-state index in [0.29, 0.717) is 13.2 Å². The van der Waals surface area contributed by atoms with Gasteiger partial charge >= 0.3 is 0 Å². The van der Waals surface area contributed by atoms with Crippen molar-refractivity contribution < 1.29 is 13.7 Å². The van der Waals surface area contributed by atoms with Crippen LogP contribution in [0.3, 0.4) is 0 Å². The van der Waals surface area contributed by atoms with E-state index in [4.69, 9.17) is 8.57 Å². The predicted octanol–water partition coefficient (Wildman–Crippen LogP) is 10.7. The van der Waals surface area contributed by atoms with E-state index in [1.54, 1.807) is 12.1 Å². The fourth-order valence-electron chi connectivity index (χ4n) is 2.67. The van der Waals surface area contributed by atoms with Crippen molar-refractivity contribution >= 4 is 128 Å². The van der Waals surface area contributed by atoms with Crippen LogP contribution in [0.5, 0.6) is 11.5 Å². The van der Waals surface area contributed by atoms with Gasteiger partial charge in [0, 0.05) is 27.6 Å². The van der Waals surface area contributed by atoms with E-state index < -0.39 is 0 Å². The van der Waals surface area contributed by atoms with E-state index in [1.165, 1.54) is 0 Å². The van der Waals surface area contributed by atoms with Crippen LogP contribution >= 0.6 is 128 Å². The lowest BCUT2D eigenvalue weighted by Gasteiger charge is -2.29. The van der Waals surface area contributed by atoms with Crippen LogP contribution < -0.4 is 3.83 Å². The minimum atomic E-state index is -0.265. The van der Waals surface area contributed by atoms with E-state index in [9.17, 15) is 5.11 Å². The average Bonchev–Trinajstić information content (AvgIpc) is 2.70. The number of phenols is 1. The van der Waals surface area contributed by atoms with Gasteiger partial charge in [-0.3, -0.25) is 0 Å². The quantitative estimate of drug-likeness (QED) is 0.155. The molecule has 0 amide bonds. The Morgan fingerprint density at radius 3 is 1.81 bits per heavy atom. The topological polar surface area (TPSA) is 38.7 Å². The molecule has 0 saturated heterocycles. The maximum Gasteiger partial charge on any atom is 0.179 e. The SMILES string of the molecule is BrC(Br)CCOCCC(Br)Br.CC(C)(c1ccc(O)cc1)c1c(Br)cc(OBr)c(Br)c1Br. The summed E-state index contributed by atoms with van der Waals surface area (Å²) >= 11 is 27.3. The number of hydrogen-bond acceptors (Lipinski definition) is 3. The van der Waals surface area contributed by atoms with Gasteiger partial charge in [-0.1, -0.05) is 106 Å². The summed E-state index contributed by atoms with van der Waals surface area (Å²) in [7, 11) is 0. The number of aromatic hydroxyl groups is 1. The van der Waals surface area contributed by atoms with Gasteiger partial charge < -0.3 is 13.7 Å². The fraction of sp³-hybridized carbons (Fsp3) is 0.429. The summed E-state index contributed by atoms with van der Waals surface area (Å²) in [6.45, 7) is 5.86. The van der Waals surface area contributed by atoms with Crippen LogP contribution in [-0.4, -0.2) is 25.8 Å². The molecule has 0 unspecified atom stereocenters. The molecule has 180 valence electrons. The summed E-state index contributed by atoms with van der Waals surface area (Å²) in [6.07, 6.45) is 1.99. The molecule has 0 atom stereocenters. The van der Waals surface area contributed by atoms with Crippen LogP contribution in [0.2, 0.25) is 0 Å². The van der Waals surface area contributed by atoms with Gasteiger partial charge in [-0.2, -0.15) is 0 Å². The standard InChI is InChI=1S/C15H12Br4O2.C6H10Br4O/c1-15(2,8-3-5-9(20)6-4-8)12-10(16)7-11(21-19)13(17)14(12)18;7-5(8)1-3-11-4-2-6(9)10/h3-7,20H,1-2H3;5-6H,1-4H2. The van der Waals surface area contributed by atoms with Gasteiger partial charge in [0.15, 0.2) is 22.0 Å². The predicted molar refractivity (Wildman–Crippen MR) is 163 cm³/mol. The number of alkyl halides is 4. The highest BCUT2D eigenvalue weighted by molar-refractivity contribution is 9.25. The first kappa shape index (κ1) is 31.9. The maximum atomic E-state index is 9.47. The Bertz CT molecular complexity index is 832. The Labute approximate surface area is 257 Å². The van der Waals surface area contributed by atoms with Gasteiger partial charge in [0.25, 0.3) is 0 Å². The highest BCUT2D eigenvalue weighted by Crippen LogP contribution is 2.47. The Morgan fingerprint density at radius 2 is 1.38 bits per heavy atom. The van der Waals surface area contributed by atoms with Crippen molar-refractivity contribution in [3.05, 3.63) is 54.9 Å². The summed E-state index contributed by atoms with van der Waals surface area (Å²) in [5, 5.41) is 9.47. The Morgan fingerprint density at radius 1 is 0.875 bits per heavy atom. The summed E-state index contributed by atoms with van der Waals surface area (Å²) in [5.74, 6) is 0.941. The van der Waals surface area contributed by atoms with Crippen LogP contribution in [0.15, 0.2) is 43.7 Å². The van der Waals surface area contributed by atoms with Gasteiger partial charge in [-0.15, -0.1) is 0 Å². The molecule has 0 bridgehead atoms. The molecule has 2 aromatic carbocycles. The van der Waals surface area contributed by atoms with Crippen molar-refractivity contribution in [1.29, 1.82) is 0 Å². The first-order valence-electron chi connectivity index (χ1n) is 9.31. The Hall–Kier alpha value is 1.84. The first-order chi connectivity index (χ1) is 14.9. The number of hydrogen-bond donors (Lipinski definition) is 1. The molecule has 32 heavy (non-hydrogen) atoms. The molecule has 0 aliphatic heterocycles. The van der Waals surface area contributed by atoms with Gasteiger partial charge in [-0.05, 0) is 74.0 Å². The summed E-state index contributed by atoms with van der Waals surface area (Å²) < 4.78 is 13.9. The highest BCUT2D eigenvalue weighted by atomic mass is 79.9. The minimum Gasteiger partial charge on any atom is -0.508 e. The molecule has 11 heteroatoms. The normalized spacial score (nSPS) is 11.5. The largest absolute Gasteiger partial charge is 0.508 e. The van der Waals surface area contributed by atoms with E-state index in [-0.39, 0.29) is 11.2 Å². The first-order valence-corrected chi connectivity index (χ1v) is 16.0. The lowest BCUT2D eigenvalue weighted by Crippen LogP contribution is -2.20. The van der Waals surface area contributed by atoms with Crippen LogP contribution in [0.1, 0.15) is 37.8 Å². The van der Waals surface area contributed by atoms with Gasteiger partial charge in [-0.25, -0.2) is 0 Å². The van der Waals surface area contributed by atoms with Crippen molar-refractivity contribution in [1.82, 2.24) is 0 Å². The second kappa shape index (κ2) is 15.8. The molecule has 0 aliphatic rings. The van der Waals surface area contributed by atoms with Gasteiger partial charge in [0.1, 0.15) is 5.75 Å². The molecule has 3 nitrogen and oxygen atoms in total. The van der Waals surface area contributed by atoms with Crippen LogP contribution in [0, 0.1) is 0 Å². The molecule has 0 radical (unpaired) electrons. The summed E-state index contributed by atoms with van der Waals surface area (Å²) in [6, 6.07) is 9.16. The lowest BCUT2D eigenvalue weighted by atomic mass is 9.78. The van der Waals surface area contributed by atoms with Crippen molar-refractivity contribution in [3.63, 3.8) is 0 Å². The number of phenolic OH excluding ortho intramolecular Hbond substituents is 1. The van der Waals surface area contributed by atoms with Crippen molar-refractivity contribution in [3.8, 4) is 11.5 Å². The fourth-order valence-corrected chi connectivity index (χ4v) is 6.36. The third-order valence-electron chi connectivity index (χ3n) is 4.38. The number of benzene rings is 2. The van der Waals surface area contributed by atoms with Crippen molar-refractivity contribution in [2.45, 2.75) is 39.6 Å². The molecular formula is C21H22Br8O3. The third kappa shape index (κ3) is 10.4. The van der Waals surface area contributed by atoms with Gasteiger partial charge in [0.05, 0.1) is 11.9 Å². The Kier molecular flexibility index (Phi) is 15.8. The zero-order valence-corrected chi connectivity index (χ0v) is 29.8. The second-order valence-electron chi connectivity index (χ2n) is 7.08. The Balaban J connectivity index is 0.000000396. The number of rotatable bonds is 9. The molecule has 0 spiro atoms. The van der Waals surface area contributed by atoms with E-state index >= 15 is 0 Å². The second-order valence-corrected chi connectivity index (χ2v) is 16.7. The lowest BCUT2D eigenvalue weighted by molar-refractivity contribution is 0.135. The smallest absolute Gasteiger partial charge is 0.179 e. The van der Waals surface area contributed by atoms with Crippen LogP contribution in [0.4, 0.5) is 0 Å². The van der Waals surface area contributed by atoms with Crippen LogP contribution in [0.25, 0.3) is 0 Å². The molecule has 1 N–H and O–H groups in total.